The average Bonchev–Trinajstić information content (AvgIpc) is 3.02. The minimum Gasteiger partial charge on any atom is -0.481 e. The molecule has 0 saturated carbocycles. The van der Waals surface area contributed by atoms with Crippen LogP contribution < -0.4 is 10.1 Å². The number of anilines is 1. The summed E-state index contributed by atoms with van der Waals surface area (Å²) in [5, 5.41) is 12.8. The van der Waals surface area contributed by atoms with E-state index >= 15 is 0 Å². The predicted molar refractivity (Wildman–Crippen MR) is 90.7 cm³/mol. The Labute approximate surface area is 148 Å². The maximum absolute atomic E-state index is 13.5. The molecule has 0 aliphatic heterocycles. The summed E-state index contributed by atoms with van der Waals surface area (Å²) in [6.45, 7) is 0.278. The maximum atomic E-state index is 13.5. The summed E-state index contributed by atoms with van der Waals surface area (Å²) in [6.07, 6.45) is 0. The van der Waals surface area contributed by atoms with Crippen molar-refractivity contribution in [3.05, 3.63) is 76.5 Å². The number of oxazole rings is 1. The highest BCUT2D eigenvalue weighted by atomic mass is 35.5. The van der Waals surface area contributed by atoms with Crippen molar-refractivity contribution < 1.29 is 13.5 Å². The molecule has 0 aliphatic rings. The predicted octanol–water partition coefficient (Wildman–Crippen LogP) is 4.53. The summed E-state index contributed by atoms with van der Waals surface area (Å²) in [5.41, 5.74) is 0.952. The third-order valence-electron chi connectivity index (χ3n) is 3.36. The van der Waals surface area contributed by atoms with E-state index in [0.717, 1.165) is 5.56 Å². The highest BCUT2D eigenvalue weighted by Gasteiger charge is 2.14. The van der Waals surface area contributed by atoms with E-state index in [-0.39, 0.29) is 29.8 Å². The molecule has 0 spiro atoms. The van der Waals surface area contributed by atoms with Gasteiger partial charge in [-0.3, -0.25) is 0 Å². The Morgan fingerprint density at radius 1 is 1.20 bits per heavy atom. The Morgan fingerprint density at radius 2 is 1.96 bits per heavy atom. The fraction of sp³-hybridized carbons (Fsp3) is 0.111. The normalized spacial score (nSPS) is 10.3. The molecule has 7 heteroatoms. The van der Waals surface area contributed by atoms with Gasteiger partial charge in [0.25, 0.3) is 0 Å². The standard InChI is InChI=1S/C18H13ClFN3O2/c19-13-6-2-1-5-12(13)10-22-18-15(9-21)23-17(25-18)11-24-16-8-4-3-7-14(16)20/h1-8,22H,10-11H2. The molecule has 5 nitrogen and oxygen atoms in total. The number of halogens is 2. The first kappa shape index (κ1) is 16.8. The van der Waals surface area contributed by atoms with Crippen LogP contribution in [0.1, 0.15) is 17.1 Å². The molecule has 0 aliphatic carbocycles. The van der Waals surface area contributed by atoms with E-state index in [4.69, 9.17) is 20.8 Å². The molecule has 1 N–H and O–H groups in total. The van der Waals surface area contributed by atoms with Gasteiger partial charge in [-0.05, 0) is 23.8 Å². The number of nitriles is 1. The molecule has 0 amide bonds. The second-order valence-electron chi connectivity index (χ2n) is 5.06. The number of para-hydroxylation sites is 1. The molecule has 3 rings (SSSR count). The summed E-state index contributed by atoms with van der Waals surface area (Å²) in [5.74, 6) is -0.00701. The number of nitrogens with zero attached hydrogens (tertiary/aromatic N) is 2. The highest BCUT2D eigenvalue weighted by Crippen LogP contribution is 2.22. The van der Waals surface area contributed by atoms with E-state index in [2.05, 4.69) is 10.3 Å². The van der Waals surface area contributed by atoms with Gasteiger partial charge >= 0.3 is 0 Å². The lowest BCUT2D eigenvalue weighted by atomic mass is 10.2. The zero-order chi connectivity index (χ0) is 17.6. The maximum Gasteiger partial charge on any atom is 0.236 e. The van der Waals surface area contributed by atoms with Crippen LogP contribution in [-0.4, -0.2) is 4.98 Å². The third-order valence-corrected chi connectivity index (χ3v) is 3.73. The van der Waals surface area contributed by atoms with Crippen LogP contribution in [0.3, 0.4) is 0 Å². The van der Waals surface area contributed by atoms with Crippen LogP contribution in [0.2, 0.25) is 5.02 Å². The van der Waals surface area contributed by atoms with Crippen molar-refractivity contribution in [2.45, 2.75) is 13.2 Å². The first-order valence-corrected chi connectivity index (χ1v) is 7.79. The number of hydrogen-bond donors (Lipinski definition) is 1. The van der Waals surface area contributed by atoms with E-state index in [1.165, 1.54) is 12.1 Å². The second kappa shape index (κ2) is 7.69. The van der Waals surface area contributed by atoms with Crippen molar-refractivity contribution in [2.75, 3.05) is 5.32 Å². The van der Waals surface area contributed by atoms with Crippen LogP contribution >= 0.6 is 11.6 Å². The van der Waals surface area contributed by atoms with Crippen LogP contribution in [0.25, 0.3) is 0 Å². The zero-order valence-corrected chi connectivity index (χ0v) is 13.8. The first-order chi connectivity index (χ1) is 12.2. The molecule has 0 saturated heterocycles. The lowest BCUT2D eigenvalue weighted by Crippen LogP contribution is -2.00. The van der Waals surface area contributed by atoms with E-state index < -0.39 is 5.82 Å². The molecule has 1 aromatic heterocycles. The molecule has 2 aromatic carbocycles. The molecule has 1 heterocycles. The number of aromatic nitrogens is 1. The van der Waals surface area contributed by atoms with Gasteiger partial charge in [-0.2, -0.15) is 10.2 Å². The number of hydrogen-bond acceptors (Lipinski definition) is 5. The van der Waals surface area contributed by atoms with E-state index in [1.807, 2.05) is 24.3 Å². The van der Waals surface area contributed by atoms with E-state index in [9.17, 15) is 9.65 Å². The van der Waals surface area contributed by atoms with Gasteiger partial charge in [0.1, 0.15) is 6.07 Å². The zero-order valence-electron chi connectivity index (χ0n) is 13.0. The Kier molecular flexibility index (Phi) is 5.17. The van der Waals surface area contributed by atoms with Gasteiger partial charge in [0.05, 0.1) is 0 Å². The van der Waals surface area contributed by atoms with Crippen LogP contribution in [0, 0.1) is 17.1 Å². The molecular weight excluding hydrogens is 345 g/mol. The summed E-state index contributed by atoms with van der Waals surface area (Å²) in [7, 11) is 0. The lowest BCUT2D eigenvalue weighted by molar-refractivity contribution is 0.253. The third kappa shape index (κ3) is 4.08. The van der Waals surface area contributed by atoms with Crippen LogP contribution in [-0.2, 0) is 13.2 Å². The number of nitrogens with one attached hydrogen (secondary N) is 1. The smallest absolute Gasteiger partial charge is 0.236 e. The molecule has 0 bridgehead atoms. The minimum absolute atomic E-state index is 0.0878. The van der Waals surface area contributed by atoms with E-state index in [1.54, 1.807) is 18.2 Å². The quantitative estimate of drug-likeness (QED) is 0.701. The summed E-state index contributed by atoms with van der Waals surface area (Å²) in [4.78, 5) is 4.04. The first-order valence-electron chi connectivity index (χ1n) is 7.42. The Morgan fingerprint density at radius 3 is 2.72 bits per heavy atom. The Hall–Kier alpha value is -3.04. The van der Waals surface area contributed by atoms with Gasteiger partial charge < -0.3 is 14.5 Å². The average molecular weight is 358 g/mol. The molecule has 0 radical (unpaired) electrons. The molecule has 0 fully saturated rings. The summed E-state index contributed by atoms with van der Waals surface area (Å²) >= 11 is 6.09. The van der Waals surface area contributed by atoms with Gasteiger partial charge in [-0.25, -0.2) is 4.39 Å². The fourth-order valence-electron chi connectivity index (χ4n) is 2.14. The fourth-order valence-corrected chi connectivity index (χ4v) is 2.34. The van der Waals surface area contributed by atoms with Gasteiger partial charge in [-0.15, -0.1) is 0 Å². The lowest BCUT2D eigenvalue weighted by Gasteiger charge is -2.05. The van der Waals surface area contributed by atoms with Gasteiger partial charge in [0.2, 0.25) is 17.5 Å². The highest BCUT2D eigenvalue weighted by molar-refractivity contribution is 6.31. The van der Waals surface area contributed by atoms with Crippen LogP contribution in [0.4, 0.5) is 10.3 Å². The van der Waals surface area contributed by atoms with Crippen molar-refractivity contribution in [3.63, 3.8) is 0 Å². The van der Waals surface area contributed by atoms with Gasteiger partial charge in [-0.1, -0.05) is 41.9 Å². The number of ether oxygens (including phenoxy) is 1. The van der Waals surface area contributed by atoms with Crippen molar-refractivity contribution in [1.29, 1.82) is 5.26 Å². The van der Waals surface area contributed by atoms with Crippen LogP contribution in [0.15, 0.2) is 52.9 Å². The minimum atomic E-state index is -0.480. The Balaban J connectivity index is 1.68. The Bertz CT molecular complexity index is 921. The van der Waals surface area contributed by atoms with Crippen molar-refractivity contribution in [3.8, 4) is 11.8 Å². The van der Waals surface area contributed by atoms with Crippen molar-refractivity contribution in [1.82, 2.24) is 4.98 Å². The molecule has 0 atom stereocenters. The number of benzene rings is 2. The largest absolute Gasteiger partial charge is 0.481 e. The summed E-state index contributed by atoms with van der Waals surface area (Å²) in [6, 6.07) is 15.3. The molecule has 25 heavy (non-hydrogen) atoms. The van der Waals surface area contributed by atoms with Crippen LogP contribution in [0.5, 0.6) is 5.75 Å². The molecule has 0 unspecified atom stereocenters. The molecule has 126 valence electrons. The monoisotopic (exact) mass is 357 g/mol. The van der Waals surface area contributed by atoms with E-state index in [0.29, 0.717) is 11.6 Å². The topological polar surface area (TPSA) is 71.1 Å². The SMILES string of the molecule is N#Cc1nc(COc2ccccc2F)oc1NCc1ccccc1Cl. The van der Waals surface area contributed by atoms with Gasteiger partial charge in [0, 0.05) is 11.6 Å². The second-order valence-corrected chi connectivity index (χ2v) is 5.47. The van der Waals surface area contributed by atoms with Gasteiger partial charge in [0.15, 0.2) is 18.2 Å². The molecular formula is C18H13ClFN3O2. The van der Waals surface area contributed by atoms with Crippen molar-refractivity contribution in [2.24, 2.45) is 0 Å². The number of rotatable bonds is 6. The summed E-state index contributed by atoms with van der Waals surface area (Å²) < 4.78 is 24.4. The molecule has 3 aromatic rings. The van der Waals surface area contributed by atoms with Crippen molar-refractivity contribution >= 4 is 17.5 Å².